The number of benzene rings is 1. The first kappa shape index (κ1) is 16.2. The van der Waals surface area contributed by atoms with Crippen molar-refractivity contribution in [3.8, 4) is 0 Å². The summed E-state index contributed by atoms with van der Waals surface area (Å²) in [7, 11) is -3.94. The van der Waals surface area contributed by atoms with Crippen LogP contribution in [-0.2, 0) is 14.8 Å². The number of rotatable bonds is 5. The summed E-state index contributed by atoms with van der Waals surface area (Å²) in [6.45, 7) is 1.85. The van der Waals surface area contributed by atoms with E-state index >= 15 is 0 Å². The van der Waals surface area contributed by atoms with Crippen molar-refractivity contribution >= 4 is 43.6 Å². The summed E-state index contributed by atoms with van der Waals surface area (Å²) in [5.41, 5.74) is 0.529. The van der Waals surface area contributed by atoms with Gasteiger partial charge in [0.25, 0.3) is 10.0 Å². The Bertz CT molecular complexity index is 1060. The lowest BCUT2D eigenvalue weighted by atomic mass is 10.3. The van der Waals surface area contributed by atoms with Crippen LogP contribution in [0.15, 0.2) is 37.7 Å². The molecule has 2 heterocycles. The zero-order valence-electron chi connectivity index (χ0n) is 12.2. The molecule has 2 aromatic heterocycles. The Labute approximate surface area is 139 Å². The Hall–Kier alpha value is -2.66. The third kappa shape index (κ3) is 3.16. The first-order valence-corrected chi connectivity index (χ1v) is 9.03. The molecule has 126 valence electrons. The summed E-state index contributed by atoms with van der Waals surface area (Å²) in [6, 6.07) is 3.93. The van der Waals surface area contributed by atoms with E-state index in [2.05, 4.69) is 14.7 Å². The number of ether oxygens (including phenoxy) is 1. The van der Waals surface area contributed by atoms with Crippen LogP contribution in [0.4, 0.5) is 5.13 Å². The van der Waals surface area contributed by atoms with Gasteiger partial charge in [-0.15, -0.1) is 11.3 Å². The van der Waals surface area contributed by atoms with Crippen molar-refractivity contribution in [2.75, 3.05) is 11.3 Å². The number of hydrogen-bond acceptors (Lipinski definition) is 8. The van der Waals surface area contributed by atoms with Crippen LogP contribution in [0.1, 0.15) is 17.4 Å². The molecule has 2 N–H and O–H groups in total. The maximum Gasteiger partial charge on any atom is 0.417 e. The van der Waals surface area contributed by atoms with E-state index in [1.54, 1.807) is 6.92 Å². The van der Waals surface area contributed by atoms with Crippen molar-refractivity contribution in [2.45, 2.75) is 11.8 Å². The second-order valence-corrected chi connectivity index (χ2v) is 7.08. The number of hydrogen-bond donors (Lipinski definition) is 2. The predicted molar refractivity (Wildman–Crippen MR) is 85.7 cm³/mol. The second kappa shape index (κ2) is 6.09. The lowest BCUT2D eigenvalue weighted by Gasteiger charge is -2.04. The number of thiazole rings is 1. The molecule has 0 saturated heterocycles. The minimum atomic E-state index is -3.94. The van der Waals surface area contributed by atoms with Crippen molar-refractivity contribution in [1.82, 2.24) is 9.97 Å². The number of nitrogens with one attached hydrogen (secondary N) is 2. The topological polar surface area (TPSA) is 131 Å². The number of anilines is 1. The number of carbonyl (C=O) groups is 1. The lowest BCUT2D eigenvalue weighted by molar-refractivity contribution is 0.0520. The summed E-state index contributed by atoms with van der Waals surface area (Å²) >= 11 is 0.954. The number of sulfonamides is 1. The number of fused-ring (bicyclic) bond motifs is 1. The smallest absolute Gasteiger partial charge is 0.417 e. The Morgan fingerprint density at radius 2 is 2.25 bits per heavy atom. The molecular weight excluding hydrogens is 358 g/mol. The van der Waals surface area contributed by atoms with Gasteiger partial charge in [-0.3, -0.25) is 9.71 Å². The van der Waals surface area contributed by atoms with Crippen molar-refractivity contribution in [3.05, 3.63) is 39.8 Å². The fourth-order valence-corrected chi connectivity index (χ4v) is 3.85. The third-order valence-electron chi connectivity index (χ3n) is 2.91. The number of nitrogens with zero attached hydrogens (tertiary/aromatic N) is 1. The van der Waals surface area contributed by atoms with Crippen LogP contribution in [0.25, 0.3) is 11.1 Å². The largest absolute Gasteiger partial charge is 0.461 e. The van der Waals surface area contributed by atoms with Gasteiger partial charge in [-0.1, -0.05) is 0 Å². The first-order chi connectivity index (χ1) is 11.4. The standard InChI is InChI=1S/C13H11N3O6S2/c1-2-21-11(17)9-6-23-12(14-9)16-24(19,20)7-3-4-10-8(5-7)15-13(18)22-10/h3-6H,2H2,1H3,(H,14,16)(H,15,18). The molecule has 3 aromatic rings. The SMILES string of the molecule is CCOC(=O)c1csc(NS(=O)(=O)c2ccc3oc(=O)[nH]c3c2)n1. The van der Waals surface area contributed by atoms with Gasteiger partial charge in [0.1, 0.15) is 0 Å². The van der Waals surface area contributed by atoms with Crippen LogP contribution < -0.4 is 10.5 Å². The molecule has 0 aliphatic rings. The summed E-state index contributed by atoms with van der Waals surface area (Å²) in [4.78, 5) is 28.8. The lowest BCUT2D eigenvalue weighted by Crippen LogP contribution is -2.13. The number of carbonyl (C=O) groups excluding carboxylic acids is 1. The fourth-order valence-electron chi connectivity index (χ4n) is 1.89. The van der Waals surface area contributed by atoms with Gasteiger partial charge in [0.15, 0.2) is 16.4 Å². The van der Waals surface area contributed by atoms with E-state index in [9.17, 15) is 18.0 Å². The number of esters is 1. The van der Waals surface area contributed by atoms with Crippen LogP contribution in [0, 0.1) is 0 Å². The molecule has 3 rings (SSSR count). The van der Waals surface area contributed by atoms with Crippen LogP contribution >= 0.6 is 11.3 Å². The number of aromatic nitrogens is 2. The molecule has 0 saturated carbocycles. The third-order valence-corrected chi connectivity index (χ3v) is 5.13. The maximum atomic E-state index is 12.4. The maximum absolute atomic E-state index is 12.4. The van der Waals surface area contributed by atoms with E-state index < -0.39 is 21.7 Å². The first-order valence-electron chi connectivity index (χ1n) is 6.67. The summed E-state index contributed by atoms with van der Waals surface area (Å²) < 4.78 is 36.6. The molecule has 24 heavy (non-hydrogen) atoms. The highest BCUT2D eigenvalue weighted by atomic mass is 32.2. The van der Waals surface area contributed by atoms with Crippen molar-refractivity contribution in [3.63, 3.8) is 0 Å². The van der Waals surface area contributed by atoms with E-state index in [0.717, 1.165) is 11.3 Å². The molecule has 0 aliphatic carbocycles. The van der Waals surface area contributed by atoms with Gasteiger partial charge < -0.3 is 9.15 Å². The Kier molecular flexibility index (Phi) is 4.11. The highest BCUT2D eigenvalue weighted by Gasteiger charge is 2.19. The van der Waals surface area contributed by atoms with E-state index in [1.165, 1.54) is 23.6 Å². The molecule has 0 atom stereocenters. The Balaban J connectivity index is 1.87. The van der Waals surface area contributed by atoms with Crippen LogP contribution in [0.3, 0.4) is 0 Å². The number of oxazole rings is 1. The van der Waals surface area contributed by atoms with Gasteiger partial charge in [0.2, 0.25) is 0 Å². The monoisotopic (exact) mass is 369 g/mol. The van der Waals surface area contributed by atoms with Gasteiger partial charge in [-0.25, -0.2) is 23.0 Å². The zero-order chi connectivity index (χ0) is 17.3. The molecule has 11 heteroatoms. The average Bonchev–Trinajstić information content (AvgIpc) is 3.11. The van der Waals surface area contributed by atoms with Crippen LogP contribution in [0.5, 0.6) is 0 Å². The molecule has 9 nitrogen and oxygen atoms in total. The summed E-state index contributed by atoms with van der Waals surface area (Å²) in [5.74, 6) is -1.30. The van der Waals surface area contributed by atoms with Crippen molar-refractivity contribution in [1.29, 1.82) is 0 Å². The minimum absolute atomic E-state index is 0.0224. The minimum Gasteiger partial charge on any atom is -0.461 e. The van der Waals surface area contributed by atoms with Gasteiger partial charge in [0, 0.05) is 5.38 Å². The summed E-state index contributed by atoms with van der Waals surface area (Å²) in [5, 5.41) is 1.42. The van der Waals surface area contributed by atoms with Gasteiger partial charge in [-0.2, -0.15) is 0 Å². The van der Waals surface area contributed by atoms with E-state index in [-0.39, 0.29) is 33.4 Å². The number of aromatic amines is 1. The van der Waals surface area contributed by atoms with Crippen LogP contribution in [0.2, 0.25) is 0 Å². The molecular formula is C13H11N3O6S2. The molecule has 0 radical (unpaired) electrons. The highest BCUT2D eigenvalue weighted by molar-refractivity contribution is 7.93. The van der Waals surface area contributed by atoms with Crippen molar-refractivity contribution < 1.29 is 22.4 Å². The van der Waals surface area contributed by atoms with Gasteiger partial charge in [-0.05, 0) is 25.1 Å². The highest BCUT2D eigenvalue weighted by Crippen LogP contribution is 2.22. The van der Waals surface area contributed by atoms with Crippen LogP contribution in [-0.4, -0.2) is 31.0 Å². The molecule has 0 unspecified atom stereocenters. The predicted octanol–water partition coefficient (Wildman–Crippen LogP) is 1.56. The molecule has 1 aromatic carbocycles. The van der Waals surface area contributed by atoms with E-state index in [1.807, 2.05) is 0 Å². The molecule has 0 spiro atoms. The molecule has 0 amide bonds. The fraction of sp³-hybridized carbons (Fsp3) is 0.154. The quantitative estimate of drug-likeness (QED) is 0.652. The van der Waals surface area contributed by atoms with E-state index in [0.29, 0.717) is 0 Å². The zero-order valence-corrected chi connectivity index (χ0v) is 13.9. The second-order valence-electron chi connectivity index (χ2n) is 4.54. The molecule has 0 bridgehead atoms. The Morgan fingerprint density at radius 3 is 3.00 bits per heavy atom. The average molecular weight is 369 g/mol. The van der Waals surface area contributed by atoms with E-state index in [4.69, 9.17) is 9.15 Å². The Morgan fingerprint density at radius 1 is 1.46 bits per heavy atom. The normalized spacial score (nSPS) is 11.5. The molecule has 0 fully saturated rings. The molecule has 0 aliphatic heterocycles. The van der Waals surface area contributed by atoms with Gasteiger partial charge >= 0.3 is 11.7 Å². The van der Waals surface area contributed by atoms with Crippen molar-refractivity contribution in [2.24, 2.45) is 0 Å². The summed E-state index contributed by atoms with van der Waals surface area (Å²) in [6.07, 6.45) is 0. The number of H-pyrrole nitrogens is 1. The van der Waals surface area contributed by atoms with Gasteiger partial charge in [0.05, 0.1) is 17.0 Å².